The third-order valence-corrected chi connectivity index (χ3v) is 9.81. The van der Waals surface area contributed by atoms with E-state index in [9.17, 15) is 35.9 Å². The van der Waals surface area contributed by atoms with Crippen LogP contribution < -0.4 is 11.1 Å². The van der Waals surface area contributed by atoms with Crippen molar-refractivity contribution in [3.05, 3.63) is 117 Å². The summed E-state index contributed by atoms with van der Waals surface area (Å²) in [5.74, 6) is 0. The van der Waals surface area contributed by atoms with Gasteiger partial charge in [-0.2, -0.15) is 26.3 Å². The first-order valence-corrected chi connectivity index (χ1v) is 19.7. The van der Waals surface area contributed by atoms with Gasteiger partial charge in [-0.1, -0.05) is 19.6 Å². The number of aryl methyl sites for hydroxylation is 2. The minimum atomic E-state index is -4.47. The molecule has 6 rings (SSSR count). The van der Waals surface area contributed by atoms with E-state index in [1.165, 1.54) is 49.1 Å². The number of nitrogens with zero attached hydrogens (tertiary/aromatic N) is 5. The minimum Gasteiger partial charge on any atom is -0.361 e. The molecular weight excluding hydrogens is 707 g/mol. The Kier molecular flexibility index (Phi) is 10.8. The molecular formula is C36H34F6N6O3Si. The lowest BCUT2D eigenvalue weighted by Crippen LogP contribution is -2.25. The average molecular weight is 741 g/mol. The lowest BCUT2D eigenvalue weighted by molar-refractivity contribution is -0.139. The highest BCUT2D eigenvalue weighted by atomic mass is 28.3. The van der Waals surface area contributed by atoms with Gasteiger partial charge in [0.25, 0.3) is 11.1 Å². The Bertz CT molecular complexity index is 2370. The van der Waals surface area contributed by atoms with Gasteiger partial charge in [0.2, 0.25) is 0 Å². The molecule has 0 aromatic carbocycles. The highest BCUT2D eigenvalue weighted by Crippen LogP contribution is 2.35. The van der Waals surface area contributed by atoms with Crippen molar-refractivity contribution >= 4 is 29.9 Å². The van der Waals surface area contributed by atoms with Gasteiger partial charge in [0.1, 0.15) is 6.73 Å². The molecule has 0 unspecified atom stereocenters. The molecule has 9 nitrogen and oxygen atoms in total. The molecule has 6 aromatic heterocycles. The number of nitrogens with one attached hydrogen (secondary N) is 1. The molecule has 0 aliphatic rings. The number of H-pyrrole nitrogens is 1. The third kappa shape index (κ3) is 8.62. The fraction of sp³-hybridized carbons (Fsp3) is 0.278. The molecule has 0 aliphatic carbocycles. The van der Waals surface area contributed by atoms with Crippen molar-refractivity contribution in [3.63, 3.8) is 0 Å². The molecule has 0 fully saturated rings. The third-order valence-electron chi connectivity index (χ3n) is 8.11. The molecule has 0 atom stereocenters. The Morgan fingerprint density at radius 1 is 0.769 bits per heavy atom. The Morgan fingerprint density at radius 2 is 1.29 bits per heavy atom. The quantitative estimate of drug-likeness (QED) is 0.0993. The van der Waals surface area contributed by atoms with Gasteiger partial charge >= 0.3 is 12.4 Å². The van der Waals surface area contributed by atoms with Gasteiger partial charge in [0, 0.05) is 63.0 Å². The van der Waals surface area contributed by atoms with Crippen LogP contribution in [-0.2, 0) is 23.8 Å². The second kappa shape index (κ2) is 14.8. The molecule has 0 amide bonds. The fourth-order valence-electron chi connectivity index (χ4n) is 5.33. The summed E-state index contributed by atoms with van der Waals surface area (Å²) in [6.07, 6.45) is -1.28. The van der Waals surface area contributed by atoms with Crippen molar-refractivity contribution in [2.45, 2.75) is 58.6 Å². The summed E-state index contributed by atoms with van der Waals surface area (Å²) in [4.78, 5) is 43.4. The minimum absolute atomic E-state index is 0.0562. The Morgan fingerprint density at radius 3 is 1.81 bits per heavy atom. The van der Waals surface area contributed by atoms with Gasteiger partial charge in [0.05, 0.1) is 44.3 Å². The second-order valence-corrected chi connectivity index (χ2v) is 18.9. The van der Waals surface area contributed by atoms with Crippen molar-refractivity contribution < 1.29 is 31.1 Å². The first-order valence-electron chi connectivity index (χ1n) is 16.0. The van der Waals surface area contributed by atoms with Crippen LogP contribution in [0, 0.1) is 13.8 Å². The number of pyridine rings is 6. The van der Waals surface area contributed by atoms with Crippen molar-refractivity contribution in [1.29, 1.82) is 0 Å². The Hall–Kier alpha value is -5.22. The molecule has 0 radical (unpaired) electrons. The predicted molar refractivity (Wildman–Crippen MR) is 188 cm³/mol. The molecule has 16 heteroatoms. The number of alkyl halides is 6. The van der Waals surface area contributed by atoms with Gasteiger partial charge in [-0.25, -0.2) is 0 Å². The fourth-order valence-corrected chi connectivity index (χ4v) is 6.09. The summed E-state index contributed by atoms with van der Waals surface area (Å²) in [7, 11) is -1.27. The van der Waals surface area contributed by atoms with Gasteiger partial charge in [-0.3, -0.25) is 34.1 Å². The predicted octanol–water partition coefficient (Wildman–Crippen LogP) is 8.41. The summed E-state index contributed by atoms with van der Waals surface area (Å²) < 4.78 is 84.8. The SMILES string of the molecule is Cc1cc(-c2c[nH]c(=O)c3cccnc23)ncc1C(F)(F)F.Cc1cc(-c2cn(COCC[Si](C)(C)C)c(=O)c3cccnc23)ncc1C(F)(F)F. The lowest BCUT2D eigenvalue weighted by atomic mass is 10.1. The molecule has 52 heavy (non-hydrogen) atoms. The van der Waals surface area contributed by atoms with Crippen LogP contribution in [0.15, 0.2) is 83.2 Å². The first-order chi connectivity index (χ1) is 24.3. The molecule has 0 bridgehead atoms. The molecule has 6 aromatic rings. The molecule has 0 aliphatic heterocycles. The lowest BCUT2D eigenvalue weighted by Gasteiger charge is -2.17. The van der Waals surface area contributed by atoms with Gasteiger partial charge in [0.15, 0.2) is 0 Å². The summed E-state index contributed by atoms with van der Waals surface area (Å²) in [5, 5.41) is 0.725. The standard InChI is InChI=1S/C21H24F3N3O2Si.C15H10F3N3O/c1-14-10-18(26-11-17(14)21(22,23)24)16-12-27(13-29-8-9-30(2,3)4)20(28)15-6-5-7-25-19(15)16;1-8-5-12(20-7-11(8)15(16,17)18)10-6-21-14(22)9-3-2-4-19-13(9)10/h5-7,10-12H,8-9,13H2,1-4H3;2-7H,1H3,(H,21,22). The number of aromatic amines is 1. The Balaban J connectivity index is 0.000000210. The number of halogens is 6. The number of hydrogen-bond donors (Lipinski definition) is 1. The largest absolute Gasteiger partial charge is 0.418 e. The van der Waals surface area contributed by atoms with E-state index in [-0.39, 0.29) is 29.0 Å². The number of fused-ring (bicyclic) bond motifs is 2. The maximum absolute atomic E-state index is 13.1. The number of ether oxygens (including phenoxy) is 1. The molecule has 0 saturated carbocycles. The van der Waals surface area contributed by atoms with E-state index in [1.807, 2.05) is 0 Å². The van der Waals surface area contributed by atoms with Crippen molar-refractivity contribution in [1.82, 2.24) is 29.5 Å². The summed E-state index contributed by atoms with van der Waals surface area (Å²) in [6, 6.07) is 10.2. The highest BCUT2D eigenvalue weighted by molar-refractivity contribution is 6.76. The first kappa shape index (κ1) is 38.0. The highest BCUT2D eigenvalue weighted by Gasteiger charge is 2.34. The summed E-state index contributed by atoms with van der Waals surface area (Å²) in [6.45, 7) is 10.1. The zero-order valence-electron chi connectivity index (χ0n) is 28.8. The van der Waals surface area contributed by atoms with Crippen LogP contribution >= 0.6 is 0 Å². The van der Waals surface area contributed by atoms with E-state index in [1.54, 1.807) is 30.5 Å². The van der Waals surface area contributed by atoms with Crippen LogP contribution in [0.4, 0.5) is 26.3 Å². The van der Waals surface area contributed by atoms with Crippen LogP contribution in [0.25, 0.3) is 44.3 Å². The zero-order chi connectivity index (χ0) is 38.0. The topological polar surface area (TPSA) is 116 Å². The molecule has 6 heterocycles. The van der Waals surface area contributed by atoms with Crippen LogP contribution in [0.5, 0.6) is 0 Å². The van der Waals surface area contributed by atoms with Crippen molar-refractivity contribution in [3.8, 4) is 22.5 Å². The van der Waals surface area contributed by atoms with Gasteiger partial charge in [-0.05, 0) is 67.4 Å². The maximum Gasteiger partial charge on any atom is 0.418 e. The van der Waals surface area contributed by atoms with Crippen LogP contribution in [0.1, 0.15) is 22.3 Å². The van der Waals surface area contributed by atoms with Gasteiger partial charge < -0.3 is 9.72 Å². The smallest absolute Gasteiger partial charge is 0.361 e. The maximum atomic E-state index is 13.1. The van der Waals surface area contributed by atoms with Crippen molar-refractivity contribution in [2.75, 3.05) is 6.61 Å². The van der Waals surface area contributed by atoms with Crippen LogP contribution in [-0.4, -0.2) is 44.2 Å². The monoisotopic (exact) mass is 740 g/mol. The number of aromatic nitrogens is 6. The molecule has 272 valence electrons. The van der Waals surface area contributed by atoms with E-state index in [4.69, 9.17) is 4.74 Å². The Labute approximate surface area is 294 Å². The number of rotatable bonds is 7. The molecule has 0 spiro atoms. The van der Waals surface area contributed by atoms with Crippen molar-refractivity contribution in [2.24, 2.45) is 0 Å². The zero-order valence-corrected chi connectivity index (χ0v) is 29.8. The second-order valence-electron chi connectivity index (χ2n) is 13.3. The van der Waals surface area contributed by atoms with Gasteiger partial charge in [-0.15, -0.1) is 0 Å². The molecule has 0 saturated heterocycles. The van der Waals surface area contributed by atoms with E-state index in [0.29, 0.717) is 50.9 Å². The van der Waals surface area contributed by atoms with Crippen LogP contribution in [0.2, 0.25) is 25.7 Å². The summed E-state index contributed by atoms with van der Waals surface area (Å²) in [5.41, 5.74) is 0.380. The molecule has 1 N–H and O–H groups in total. The van der Waals surface area contributed by atoms with E-state index in [0.717, 1.165) is 18.4 Å². The van der Waals surface area contributed by atoms with E-state index < -0.39 is 31.6 Å². The normalized spacial score (nSPS) is 12.2. The van der Waals surface area contributed by atoms with Crippen LogP contribution in [0.3, 0.4) is 0 Å². The van der Waals surface area contributed by atoms with E-state index >= 15 is 0 Å². The number of hydrogen-bond acceptors (Lipinski definition) is 7. The average Bonchev–Trinajstić information content (AvgIpc) is 3.06. The summed E-state index contributed by atoms with van der Waals surface area (Å²) >= 11 is 0. The van der Waals surface area contributed by atoms with E-state index in [2.05, 4.69) is 44.6 Å².